The zero-order valence-corrected chi connectivity index (χ0v) is 14.7. The lowest BCUT2D eigenvalue weighted by Crippen LogP contribution is -2.52. The number of hydrogen-bond acceptors (Lipinski definition) is 3. The number of benzene rings is 1. The molecule has 2 aliphatic heterocycles. The van der Waals surface area contributed by atoms with E-state index in [9.17, 15) is 9.59 Å². The highest BCUT2D eigenvalue weighted by molar-refractivity contribution is 6.33. The van der Waals surface area contributed by atoms with Crippen molar-refractivity contribution in [2.24, 2.45) is 0 Å². The van der Waals surface area contributed by atoms with Crippen molar-refractivity contribution in [1.29, 1.82) is 0 Å². The molecule has 24 heavy (non-hydrogen) atoms. The van der Waals surface area contributed by atoms with Crippen molar-refractivity contribution in [1.82, 2.24) is 9.80 Å². The first-order chi connectivity index (χ1) is 11.6. The molecule has 6 heteroatoms. The Hall–Kier alpha value is -1.75. The summed E-state index contributed by atoms with van der Waals surface area (Å²) in [5.41, 5.74) is 1.02. The molecule has 1 aromatic carbocycles. The fourth-order valence-electron chi connectivity index (χ4n) is 3.37. The molecule has 2 saturated heterocycles. The lowest BCUT2D eigenvalue weighted by atomic mass is 10.2. The second-order valence-corrected chi connectivity index (χ2v) is 6.85. The van der Waals surface area contributed by atoms with Gasteiger partial charge in [-0.15, -0.1) is 0 Å². The van der Waals surface area contributed by atoms with Crippen molar-refractivity contribution < 1.29 is 9.59 Å². The highest BCUT2D eigenvalue weighted by Gasteiger charge is 2.25. The maximum Gasteiger partial charge on any atom is 0.242 e. The Morgan fingerprint density at radius 3 is 2.50 bits per heavy atom. The first-order valence-electron chi connectivity index (χ1n) is 8.70. The molecule has 0 aromatic heterocycles. The van der Waals surface area contributed by atoms with E-state index >= 15 is 0 Å². The van der Waals surface area contributed by atoms with Crippen molar-refractivity contribution in [3.63, 3.8) is 0 Å². The smallest absolute Gasteiger partial charge is 0.242 e. The van der Waals surface area contributed by atoms with E-state index in [-0.39, 0.29) is 18.4 Å². The van der Waals surface area contributed by atoms with E-state index in [2.05, 4.69) is 4.90 Å². The van der Waals surface area contributed by atoms with Gasteiger partial charge >= 0.3 is 0 Å². The van der Waals surface area contributed by atoms with E-state index in [4.69, 9.17) is 11.6 Å². The predicted octanol–water partition coefficient (Wildman–Crippen LogP) is 2.39. The van der Waals surface area contributed by atoms with Gasteiger partial charge in [0.2, 0.25) is 11.8 Å². The first-order valence-corrected chi connectivity index (χ1v) is 9.08. The Balaban J connectivity index is 1.53. The molecular formula is C18H24ClN3O2. The third-order valence-electron chi connectivity index (χ3n) is 4.82. The summed E-state index contributed by atoms with van der Waals surface area (Å²) in [6.07, 6.45) is 3.60. The SMILES string of the molecule is O=C(CN1CCCCCC1=O)N1CCN(c2ccccc2Cl)CC1. The van der Waals surface area contributed by atoms with Gasteiger partial charge in [0.25, 0.3) is 0 Å². The number of hydrogen-bond donors (Lipinski definition) is 0. The summed E-state index contributed by atoms with van der Waals surface area (Å²) in [7, 11) is 0. The molecule has 5 nitrogen and oxygen atoms in total. The van der Waals surface area contributed by atoms with Crippen molar-refractivity contribution in [2.45, 2.75) is 25.7 Å². The van der Waals surface area contributed by atoms with Crippen molar-refractivity contribution in [2.75, 3.05) is 44.2 Å². The van der Waals surface area contributed by atoms with Crippen LogP contribution >= 0.6 is 11.6 Å². The second kappa shape index (κ2) is 7.88. The molecule has 0 spiro atoms. The maximum atomic E-state index is 12.5. The standard InChI is InChI=1S/C18H24ClN3O2/c19-15-6-3-4-7-16(15)20-10-12-21(13-11-20)18(24)14-22-9-5-1-2-8-17(22)23/h3-4,6-7H,1-2,5,8-14H2. The Kier molecular flexibility index (Phi) is 5.61. The zero-order valence-electron chi connectivity index (χ0n) is 13.9. The number of carbonyl (C=O) groups is 2. The topological polar surface area (TPSA) is 43.9 Å². The fraction of sp³-hybridized carbons (Fsp3) is 0.556. The number of nitrogens with zero attached hydrogens (tertiary/aromatic N) is 3. The molecule has 0 bridgehead atoms. The van der Waals surface area contributed by atoms with Crippen LogP contribution in [0.1, 0.15) is 25.7 Å². The molecule has 2 heterocycles. The maximum absolute atomic E-state index is 12.5. The number of piperazine rings is 1. The van der Waals surface area contributed by atoms with Crippen LogP contribution in [0.15, 0.2) is 24.3 Å². The molecule has 3 rings (SSSR count). The van der Waals surface area contributed by atoms with Gasteiger partial charge in [-0.1, -0.05) is 30.2 Å². The molecular weight excluding hydrogens is 326 g/mol. The molecule has 0 N–H and O–H groups in total. The number of anilines is 1. The summed E-state index contributed by atoms with van der Waals surface area (Å²) in [6.45, 7) is 3.82. The summed E-state index contributed by atoms with van der Waals surface area (Å²) in [6, 6.07) is 7.79. The van der Waals surface area contributed by atoms with Gasteiger partial charge in [0, 0.05) is 39.1 Å². The molecule has 2 fully saturated rings. The molecule has 1 aromatic rings. The van der Waals surface area contributed by atoms with E-state index < -0.39 is 0 Å². The second-order valence-electron chi connectivity index (χ2n) is 6.45. The lowest BCUT2D eigenvalue weighted by molar-refractivity contribution is -0.140. The summed E-state index contributed by atoms with van der Waals surface area (Å²) in [5.74, 6) is 0.180. The van der Waals surface area contributed by atoms with Crippen LogP contribution in [0.4, 0.5) is 5.69 Å². The summed E-state index contributed by atoms with van der Waals surface area (Å²) < 4.78 is 0. The molecule has 130 valence electrons. The third kappa shape index (κ3) is 4.01. The first kappa shape index (κ1) is 17.1. The summed E-state index contributed by atoms with van der Waals surface area (Å²) in [5, 5.41) is 0.743. The quantitative estimate of drug-likeness (QED) is 0.841. The molecule has 2 aliphatic rings. The van der Waals surface area contributed by atoms with Gasteiger partial charge in [-0.05, 0) is 25.0 Å². The van der Waals surface area contributed by atoms with E-state index in [1.54, 1.807) is 4.90 Å². The average Bonchev–Trinajstić information content (AvgIpc) is 2.80. The fourth-order valence-corrected chi connectivity index (χ4v) is 3.63. The van der Waals surface area contributed by atoms with Crippen LogP contribution in [0.3, 0.4) is 0 Å². The number of halogens is 1. The Morgan fingerprint density at radius 2 is 1.75 bits per heavy atom. The van der Waals surface area contributed by atoms with Crippen LogP contribution in [0.25, 0.3) is 0 Å². The number of likely N-dealkylation sites (tertiary alicyclic amines) is 1. The van der Waals surface area contributed by atoms with Crippen molar-refractivity contribution in [3.8, 4) is 0 Å². The lowest BCUT2D eigenvalue weighted by Gasteiger charge is -2.37. The van der Waals surface area contributed by atoms with E-state index in [1.165, 1.54) is 0 Å². The van der Waals surface area contributed by atoms with Gasteiger partial charge in [0.15, 0.2) is 0 Å². The number of carbonyl (C=O) groups excluding carboxylic acids is 2. The van der Waals surface area contributed by atoms with Crippen LogP contribution in [-0.4, -0.2) is 60.9 Å². The molecule has 0 unspecified atom stereocenters. The van der Waals surface area contributed by atoms with E-state index in [0.717, 1.165) is 43.1 Å². The van der Waals surface area contributed by atoms with Crippen molar-refractivity contribution >= 4 is 29.1 Å². The van der Waals surface area contributed by atoms with E-state index in [1.807, 2.05) is 29.2 Å². The molecule has 0 atom stereocenters. The molecule has 0 radical (unpaired) electrons. The van der Waals surface area contributed by atoms with E-state index in [0.29, 0.717) is 26.1 Å². The van der Waals surface area contributed by atoms with Gasteiger partial charge in [-0.25, -0.2) is 0 Å². The van der Waals surface area contributed by atoms with Crippen LogP contribution < -0.4 is 4.90 Å². The Morgan fingerprint density at radius 1 is 1.00 bits per heavy atom. The minimum Gasteiger partial charge on any atom is -0.367 e. The molecule has 2 amide bonds. The molecule has 0 saturated carbocycles. The average molecular weight is 350 g/mol. The minimum atomic E-state index is 0.0593. The highest BCUT2D eigenvalue weighted by atomic mass is 35.5. The number of amides is 2. The Labute approximate surface area is 148 Å². The summed E-state index contributed by atoms with van der Waals surface area (Å²) in [4.78, 5) is 30.4. The summed E-state index contributed by atoms with van der Waals surface area (Å²) >= 11 is 6.25. The number of para-hydroxylation sites is 1. The van der Waals surface area contributed by atoms with Crippen molar-refractivity contribution in [3.05, 3.63) is 29.3 Å². The normalized spacial score (nSPS) is 19.4. The Bertz CT molecular complexity index is 600. The van der Waals surface area contributed by atoms with Crippen LogP contribution in [0.2, 0.25) is 5.02 Å². The van der Waals surface area contributed by atoms with Crippen LogP contribution in [-0.2, 0) is 9.59 Å². The largest absolute Gasteiger partial charge is 0.367 e. The van der Waals surface area contributed by atoms with Gasteiger partial charge in [0.05, 0.1) is 17.3 Å². The minimum absolute atomic E-state index is 0.0593. The molecule has 0 aliphatic carbocycles. The monoisotopic (exact) mass is 349 g/mol. The van der Waals surface area contributed by atoms with Crippen LogP contribution in [0.5, 0.6) is 0 Å². The predicted molar refractivity (Wildman–Crippen MR) is 95.3 cm³/mol. The van der Waals surface area contributed by atoms with Crippen LogP contribution in [0, 0.1) is 0 Å². The van der Waals surface area contributed by atoms with Gasteiger partial charge < -0.3 is 14.7 Å². The highest BCUT2D eigenvalue weighted by Crippen LogP contribution is 2.26. The van der Waals surface area contributed by atoms with Gasteiger partial charge in [0.1, 0.15) is 0 Å². The third-order valence-corrected chi connectivity index (χ3v) is 5.14. The number of rotatable bonds is 3. The zero-order chi connectivity index (χ0) is 16.9. The van der Waals surface area contributed by atoms with Gasteiger partial charge in [-0.3, -0.25) is 9.59 Å². The van der Waals surface area contributed by atoms with Gasteiger partial charge in [-0.2, -0.15) is 0 Å².